The molecule has 4 nitrogen and oxygen atoms in total. The summed E-state index contributed by atoms with van der Waals surface area (Å²) in [6.45, 7) is 0. The summed E-state index contributed by atoms with van der Waals surface area (Å²) < 4.78 is 19.8. The van der Waals surface area contributed by atoms with E-state index in [2.05, 4.69) is 15.9 Å². The van der Waals surface area contributed by atoms with Crippen LogP contribution < -0.4 is 10.5 Å². The molecule has 0 fully saturated rings. The number of aromatic carboxylic acids is 1. The lowest BCUT2D eigenvalue weighted by Gasteiger charge is -2.11. The fourth-order valence-electron chi connectivity index (χ4n) is 1.51. The first-order valence-corrected chi connectivity index (χ1v) is 6.51. The molecule has 2 aromatic rings. The molecule has 0 aliphatic rings. The van der Waals surface area contributed by atoms with Crippen LogP contribution in [-0.2, 0) is 0 Å². The zero-order chi connectivity index (χ0) is 14.9. The highest BCUT2D eigenvalue weighted by Gasteiger charge is 2.15. The standard InChI is InChI=1S/C13H8BrClFNO3/c14-6-1-2-8(15)11(3-6)20-12-4-7(13(18)19)10(17)5-9(12)16/h1-5H,17H2,(H,18,19). The van der Waals surface area contributed by atoms with Crippen LogP contribution in [0.2, 0.25) is 5.02 Å². The lowest BCUT2D eigenvalue weighted by atomic mass is 10.1. The van der Waals surface area contributed by atoms with Crippen LogP contribution in [0.15, 0.2) is 34.8 Å². The van der Waals surface area contributed by atoms with Crippen molar-refractivity contribution in [1.29, 1.82) is 0 Å². The van der Waals surface area contributed by atoms with Gasteiger partial charge in [0.05, 0.1) is 10.6 Å². The van der Waals surface area contributed by atoms with E-state index in [1.165, 1.54) is 0 Å². The smallest absolute Gasteiger partial charge is 0.337 e. The van der Waals surface area contributed by atoms with Crippen molar-refractivity contribution >= 4 is 39.2 Å². The van der Waals surface area contributed by atoms with Crippen molar-refractivity contribution in [3.8, 4) is 11.5 Å². The van der Waals surface area contributed by atoms with Gasteiger partial charge in [0, 0.05) is 22.3 Å². The Hall–Kier alpha value is -1.79. The molecule has 0 spiro atoms. The maximum atomic E-state index is 13.8. The minimum absolute atomic E-state index is 0.178. The molecular weight excluding hydrogens is 353 g/mol. The zero-order valence-corrected chi connectivity index (χ0v) is 12.2. The minimum atomic E-state index is -1.27. The molecule has 7 heteroatoms. The molecule has 0 aliphatic carbocycles. The van der Waals surface area contributed by atoms with Gasteiger partial charge in [0.1, 0.15) is 5.75 Å². The molecule has 0 atom stereocenters. The van der Waals surface area contributed by atoms with Gasteiger partial charge in [0.15, 0.2) is 11.6 Å². The Morgan fingerprint density at radius 3 is 2.65 bits per heavy atom. The number of nitrogen functional groups attached to an aromatic ring is 1. The van der Waals surface area contributed by atoms with Gasteiger partial charge in [0.2, 0.25) is 0 Å². The highest BCUT2D eigenvalue weighted by molar-refractivity contribution is 9.10. The molecule has 20 heavy (non-hydrogen) atoms. The van der Waals surface area contributed by atoms with E-state index in [1.54, 1.807) is 18.2 Å². The topological polar surface area (TPSA) is 72.5 Å². The summed E-state index contributed by atoms with van der Waals surface area (Å²) in [6.07, 6.45) is 0. The fraction of sp³-hybridized carbons (Fsp3) is 0. The van der Waals surface area contributed by atoms with E-state index in [-0.39, 0.29) is 27.8 Å². The second-order valence-electron chi connectivity index (χ2n) is 3.85. The fourth-order valence-corrected chi connectivity index (χ4v) is 2.00. The molecule has 0 aromatic heterocycles. The quantitative estimate of drug-likeness (QED) is 0.800. The summed E-state index contributed by atoms with van der Waals surface area (Å²) in [6, 6.07) is 6.71. The number of hydrogen-bond acceptors (Lipinski definition) is 3. The van der Waals surface area contributed by atoms with Gasteiger partial charge in [-0.3, -0.25) is 0 Å². The molecule has 0 bridgehead atoms. The number of carbonyl (C=O) groups is 1. The summed E-state index contributed by atoms with van der Waals surface area (Å²) in [5.74, 6) is -2.12. The third-order valence-electron chi connectivity index (χ3n) is 2.45. The SMILES string of the molecule is Nc1cc(F)c(Oc2cc(Br)ccc2Cl)cc1C(=O)O. The molecule has 3 N–H and O–H groups in total. The van der Waals surface area contributed by atoms with E-state index in [0.29, 0.717) is 4.47 Å². The van der Waals surface area contributed by atoms with E-state index in [0.717, 1.165) is 12.1 Å². The second-order valence-corrected chi connectivity index (χ2v) is 5.17. The molecule has 0 aliphatic heterocycles. The maximum Gasteiger partial charge on any atom is 0.337 e. The highest BCUT2D eigenvalue weighted by Crippen LogP contribution is 2.34. The van der Waals surface area contributed by atoms with E-state index in [9.17, 15) is 9.18 Å². The Kier molecular flexibility index (Phi) is 4.15. The Morgan fingerprint density at radius 1 is 1.30 bits per heavy atom. The van der Waals surface area contributed by atoms with Crippen molar-refractivity contribution < 1.29 is 19.0 Å². The third kappa shape index (κ3) is 3.02. The Labute approximate surface area is 127 Å². The lowest BCUT2D eigenvalue weighted by molar-refractivity contribution is 0.0697. The van der Waals surface area contributed by atoms with E-state index < -0.39 is 11.8 Å². The van der Waals surface area contributed by atoms with Crippen LogP contribution in [0, 0.1) is 5.82 Å². The van der Waals surface area contributed by atoms with Gasteiger partial charge in [-0.2, -0.15) is 0 Å². The molecule has 0 radical (unpaired) electrons. The van der Waals surface area contributed by atoms with Crippen LogP contribution in [0.25, 0.3) is 0 Å². The van der Waals surface area contributed by atoms with E-state index >= 15 is 0 Å². The summed E-state index contributed by atoms with van der Waals surface area (Å²) in [4.78, 5) is 11.0. The minimum Gasteiger partial charge on any atom is -0.478 e. The first-order valence-electron chi connectivity index (χ1n) is 5.33. The molecule has 104 valence electrons. The number of ether oxygens (including phenoxy) is 1. The predicted molar refractivity (Wildman–Crippen MR) is 77.0 cm³/mol. The highest BCUT2D eigenvalue weighted by atomic mass is 79.9. The molecule has 2 rings (SSSR count). The predicted octanol–water partition coefficient (Wildman–Crippen LogP) is 4.31. The Bertz CT molecular complexity index is 694. The van der Waals surface area contributed by atoms with Crippen molar-refractivity contribution in [3.05, 3.63) is 51.2 Å². The summed E-state index contributed by atoms with van der Waals surface area (Å²) >= 11 is 9.15. The Balaban J connectivity index is 2.45. The molecule has 0 heterocycles. The number of rotatable bonds is 3. The summed E-state index contributed by atoms with van der Waals surface area (Å²) in [5, 5.41) is 9.22. The number of carboxylic acids is 1. The Morgan fingerprint density at radius 2 is 2.00 bits per heavy atom. The average molecular weight is 361 g/mol. The lowest BCUT2D eigenvalue weighted by Crippen LogP contribution is -2.04. The van der Waals surface area contributed by atoms with E-state index in [4.69, 9.17) is 27.2 Å². The van der Waals surface area contributed by atoms with Gasteiger partial charge < -0.3 is 15.6 Å². The van der Waals surface area contributed by atoms with Gasteiger partial charge in [0.25, 0.3) is 0 Å². The van der Waals surface area contributed by atoms with Crippen LogP contribution in [0.5, 0.6) is 11.5 Å². The molecule has 0 unspecified atom stereocenters. The van der Waals surface area contributed by atoms with Gasteiger partial charge in [-0.1, -0.05) is 27.5 Å². The number of hydrogen-bond donors (Lipinski definition) is 2. The second kappa shape index (κ2) is 5.68. The van der Waals surface area contributed by atoms with Gasteiger partial charge in [-0.25, -0.2) is 9.18 Å². The van der Waals surface area contributed by atoms with Crippen molar-refractivity contribution in [2.45, 2.75) is 0 Å². The number of nitrogens with two attached hydrogens (primary N) is 1. The van der Waals surface area contributed by atoms with Crippen molar-refractivity contribution in [2.24, 2.45) is 0 Å². The van der Waals surface area contributed by atoms with Gasteiger partial charge in [-0.05, 0) is 18.2 Å². The zero-order valence-electron chi connectivity index (χ0n) is 9.86. The van der Waals surface area contributed by atoms with Crippen LogP contribution in [0.1, 0.15) is 10.4 Å². The van der Waals surface area contributed by atoms with Crippen LogP contribution in [-0.4, -0.2) is 11.1 Å². The molecule has 0 amide bonds. The molecular formula is C13H8BrClFNO3. The number of benzene rings is 2. The maximum absolute atomic E-state index is 13.8. The molecule has 0 saturated heterocycles. The largest absolute Gasteiger partial charge is 0.478 e. The third-order valence-corrected chi connectivity index (χ3v) is 3.25. The molecule has 0 saturated carbocycles. The number of halogens is 3. The monoisotopic (exact) mass is 359 g/mol. The van der Waals surface area contributed by atoms with Gasteiger partial charge >= 0.3 is 5.97 Å². The van der Waals surface area contributed by atoms with Crippen molar-refractivity contribution in [3.63, 3.8) is 0 Å². The van der Waals surface area contributed by atoms with Crippen molar-refractivity contribution in [1.82, 2.24) is 0 Å². The van der Waals surface area contributed by atoms with Gasteiger partial charge in [-0.15, -0.1) is 0 Å². The summed E-state index contributed by atoms with van der Waals surface area (Å²) in [5.41, 5.74) is 5.01. The van der Waals surface area contributed by atoms with Crippen LogP contribution >= 0.6 is 27.5 Å². The van der Waals surface area contributed by atoms with Crippen LogP contribution in [0.3, 0.4) is 0 Å². The van der Waals surface area contributed by atoms with E-state index in [1.807, 2.05) is 0 Å². The molecule has 2 aromatic carbocycles. The van der Waals surface area contributed by atoms with Crippen LogP contribution in [0.4, 0.5) is 10.1 Å². The van der Waals surface area contributed by atoms with Crippen molar-refractivity contribution in [2.75, 3.05) is 5.73 Å². The number of carboxylic acid groups (broad SMARTS) is 1. The first-order chi connectivity index (χ1) is 9.38. The number of anilines is 1. The normalized spacial score (nSPS) is 10.3. The summed E-state index contributed by atoms with van der Waals surface area (Å²) in [7, 11) is 0. The average Bonchev–Trinajstić information content (AvgIpc) is 2.36. The first kappa shape index (κ1) is 14.6.